The van der Waals surface area contributed by atoms with Crippen LogP contribution in [-0.2, 0) is 4.79 Å². The molecule has 4 heteroatoms. The Labute approximate surface area is 158 Å². The van der Waals surface area contributed by atoms with E-state index >= 15 is 0 Å². The van der Waals surface area contributed by atoms with Crippen molar-refractivity contribution in [3.05, 3.63) is 12.2 Å². The van der Waals surface area contributed by atoms with Gasteiger partial charge in [0.2, 0.25) is 0 Å². The fourth-order valence-corrected chi connectivity index (χ4v) is 2.35. The molecule has 0 aliphatic heterocycles. The Morgan fingerprint density at radius 3 is 2.05 bits per heavy atom. The minimum absolute atomic E-state index is 0. The van der Waals surface area contributed by atoms with Crippen LogP contribution in [0.3, 0.4) is 0 Å². The molecule has 0 aromatic heterocycles. The Balaban J connectivity index is 0. The maximum Gasteiger partial charge on any atom is 1.00 e. The molecule has 0 aliphatic rings. The van der Waals surface area contributed by atoms with Gasteiger partial charge in [0.15, 0.2) is 0 Å². The van der Waals surface area contributed by atoms with E-state index in [0.717, 1.165) is 19.3 Å². The third-order valence-electron chi connectivity index (χ3n) is 3.73. The van der Waals surface area contributed by atoms with Gasteiger partial charge in [-0.05, 0) is 44.9 Å². The Morgan fingerprint density at radius 1 is 0.955 bits per heavy atom. The maximum atomic E-state index is 10.3. The monoisotopic (exact) mass is 320 g/mol. The molecule has 0 fully saturated rings. The van der Waals surface area contributed by atoms with Crippen LogP contribution in [-0.4, -0.2) is 17.2 Å². The molecule has 0 bridgehead atoms. The van der Waals surface area contributed by atoms with Crippen LogP contribution < -0.4 is 34.7 Å². The maximum absolute atomic E-state index is 10.3. The molecule has 0 heterocycles. The number of rotatable bonds is 15. The average Bonchev–Trinajstić information content (AvgIpc) is 2.46. The van der Waals surface area contributed by atoms with Gasteiger partial charge in [0, 0.05) is 5.97 Å². The normalized spacial score (nSPS) is 12.3. The van der Waals surface area contributed by atoms with Gasteiger partial charge in [0.05, 0.1) is 6.10 Å². The first-order chi connectivity index (χ1) is 10.2. The summed E-state index contributed by atoms with van der Waals surface area (Å²) < 4.78 is 0. The molecule has 0 saturated carbocycles. The number of aliphatic hydroxyl groups excluding tert-OH is 1. The molecular weight excluding hydrogens is 287 g/mol. The van der Waals surface area contributed by atoms with Crippen LogP contribution in [0.4, 0.5) is 0 Å². The summed E-state index contributed by atoms with van der Waals surface area (Å²) in [5, 5.41) is 19.8. The largest absolute Gasteiger partial charge is 1.00 e. The van der Waals surface area contributed by atoms with Crippen LogP contribution in [0.5, 0.6) is 0 Å². The second-order valence-electron chi connectivity index (χ2n) is 5.88. The first-order valence-electron chi connectivity index (χ1n) is 8.69. The molecule has 1 N–H and O–H groups in total. The molecule has 0 aromatic carbocycles. The second-order valence-corrected chi connectivity index (χ2v) is 5.88. The Hall–Kier alpha value is 0.170. The van der Waals surface area contributed by atoms with Crippen molar-refractivity contribution in [1.29, 1.82) is 0 Å². The van der Waals surface area contributed by atoms with Gasteiger partial charge in [0.1, 0.15) is 0 Å². The summed E-state index contributed by atoms with van der Waals surface area (Å²) in [7, 11) is 0. The van der Waals surface area contributed by atoms with E-state index in [1.54, 1.807) is 0 Å². The number of hydrogen-bond acceptors (Lipinski definition) is 3. The van der Waals surface area contributed by atoms with Crippen molar-refractivity contribution in [2.24, 2.45) is 0 Å². The summed E-state index contributed by atoms with van der Waals surface area (Å²) in [6.45, 7) is 2.23. The Kier molecular flexibility index (Phi) is 21.3. The Bertz CT molecular complexity index is 267. The molecular formula is C18H33NaO3. The van der Waals surface area contributed by atoms with Crippen LogP contribution >= 0.6 is 0 Å². The van der Waals surface area contributed by atoms with Crippen LogP contribution in [0.1, 0.15) is 90.4 Å². The molecule has 1 unspecified atom stereocenters. The molecule has 3 nitrogen and oxygen atoms in total. The van der Waals surface area contributed by atoms with Crippen molar-refractivity contribution in [2.45, 2.75) is 96.5 Å². The summed E-state index contributed by atoms with van der Waals surface area (Å²) >= 11 is 0. The van der Waals surface area contributed by atoms with E-state index < -0.39 is 12.1 Å². The standard InChI is InChI=1S/C18H34O3.Na/c1-2-3-4-5-6-7-8-9-10-11-12-13-14-17(19)15-16-18(20)21;/h7-8,17,19H,2-6,9-16H2,1H3,(H,20,21);/q;+1/p-1/b8-7+;. The zero-order valence-corrected chi connectivity index (χ0v) is 16.7. The number of hydrogen-bond donors (Lipinski definition) is 1. The van der Waals surface area contributed by atoms with Gasteiger partial charge in [-0.1, -0.05) is 57.6 Å². The van der Waals surface area contributed by atoms with Crippen LogP contribution in [0.15, 0.2) is 12.2 Å². The fraction of sp³-hybridized carbons (Fsp3) is 0.833. The molecule has 22 heavy (non-hydrogen) atoms. The van der Waals surface area contributed by atoms with Gasteiger partial charge in [-0.15, -0.1) is 0 Å². The molecule has 124 valence electrons. The first kappa shape index (κ1) is 24.4. The minimum atomic E-state index is -1.07. The average molecular weight is 320 g/mol. The van der Waals surface area contributed by atoms with Gasteiger partial charge in [-0.25, -0.2) is 0 Å². The first-order valence-corrected chi connectivity index (χ1v) is 8.69. The number of unbranched alkanes of at least 4 members (excludes halogenated alkanes) is 8. The summed E-state index contributed by atoms with van der Waals surface area (Å²) in [4.78, 5) is 10.3. The van der Waals surface area contributed by atoms with Crippen molar-refractivity contribution in [3.8, 4) is 0 Å². The van der Waals surface area contributed by atoms with Crippen molar-refractivity contribution < 1.29 is 44.6 Å². The van der Waals surface area contributed by atoms with Crippen molar-refractivity contribution >= 4 is 5.97 Å². The Morgan fingerprint density at radius 2 is 1.50 bits per heavy atom. The molecule has 0 saturated heterocycles. The number of carbonyl (C=O) groups is 1. The molecule has 0 aromatic rings. The van der Waals surface area contributed by atoms with Gasteiger partial charge in [0.25, 0.3) is 0 Å². The minimum Gasteiger partial charge on any atom is -0.550 e. The number of allylic oxidation sites excluding steroid dienone is 2. The molecule has 0 spiro atoms. The third-order valence-corrected chi connectivity index (χ3v) is 3.73. The van der Waals surface area contributed by atoms with Crippen LogP contribution in [0.25, 0.3) is 0 Å². The smallest absolute Gasteiger partial charge is 0.550 e. The quantitative estimate of drug-likeness (QED) is 0.275. The number of aliphatic carboxylic acids is 1. The summed E-state index contributed by atoms with van der Waals surface area (Å²) in [5.41, 5.74) is 0. The molecule has 0 rings (SSSR count). The van der Waals surface area contributed by atoms with E-state index in [-0.39, 0.29) is 36.0 Å². The zero-order chi connectivity index (χ0) is 15.8. The number of aliphatic hydroxyl groups is 1. The fourth-order valence-electron chi connectivity index (χ4n) is 2.35. The third kappa shape index (κ3) is 20.2. The molecule has 0 aliphatic carbocycles. The zero-order valence-electron chi connectivity index (χ0n) is 14.7. The van der Waals surface area contributed by atoms with Gasteiger partial charge in [-0.2, -0.15) is 0 Å². The molecule has 0 amide bonds. The van der Waals surface area contributed by atoms with Crippen LogP contribution in [0.2, 0.25) is 0 Å². The van der Waals surface area contributed by atoms with Crippen molar-refractivity contribution in [3.63, 3.8) is 0 Å². The van der Waals surface area contributed by atoms with Gasteiger partial charge < -0.3 is 15.0 Å². The SMILES string of the molecule is CCCCCC/C=C/CCCCCCC(O)CCC(=O)[O-].[Na+]. The predicted molar refractivity (Wildman–Crippen MR) is 85.8 cm³/mol. The van der Waals surface area contributed by atoms with Crippen LogP contribution in [0, 0.1) is 0 Å². The number of carbonyl (C=O) groups excluding carboxylic acids is 1. The second kappa shape index (κ2) is 19.2. The van der Waals surface area contributed by atoms with E-state index in [4.69, 9.17) is 0 Å². The van der Waals surface area contributed by atoms with Gasteiger partial charge >= 0.3 is 29.6 Å². The van der Waals surface area contributed by atoms with Crippen molar-refractivity contribution in [1.82, 2.24) is 0 Å². The summed E-state index contributed by atoms with van der Waals surface area (Å²) in [6.07, 6.45) is 17.3. The van der Waals surface area contributed by atoms with E-state index in [9.17, 15) is 15.0 Å². The van der Waals surface area contributed by atoms with Crippen molar-refractivity contribution in [2.75, 3.05) is 0 Å². The summed E-state index contributed by atoms with van der Waals surface area (Å²) in [6, 6.07) is 0. The van der Waals surface area contributed by atoms with E-state index in [2.05, 4.69) is 19.1 Å². The number of carboxylic acid groups (broad SMARTS) is 1. The molecule has 1 atom stereocenters. The van der Waals surface area contributed by atoms with E-state index in [0.29, 0.717) is 12.8 Å². The van der Waals surface area contributed by atoms with Gasteiger partial charge in [-0.3, -0.25) is 0 Å². The topological polar surface area (TPSA) is 60.4 Å². The summed E-state index contributed by atoms with van der Waals surface area (Å²) in [5.74, 6) is -1.07. The van der Waals surface area contributed by atoms with E-state index in [1.807, 2.05) is 0 Å². The number of carboxylic acids is 1. The van der Waals surface area contributed by atoms with E-state index in [1.165, 1.54) is 44.9 Å². The predicted octanol–water partition coefficient (Wildman–Crippen LogP) is 0.749. The molecule has 0 radical (unpaired) electrons.